The monoisotopic (exact) mass is 462 g/mol. The van der Waals surface area contributed by atoms with Crippen molar-refractivity contribution in [3.8, 4) is 5.88 Å². The molecule has 174 valence electrons. The number of piperidine rings is 1. The van der Waals surface area contributed by atoms with Gasteiger partial charge in [-0.3, -0.25) is 9.59 Å². The van der Waals surface area contributed by atoms with Crippen molar-refractivity contribution in [2.45, 2.75) is 18.8 Å². The van der Waals surface area contributed by atoms with Crippen molar-refractivity contribution in [1.82, 2.24) is 24.5 Å². The summed E-state index contributed by atoms with van der Waals surface area (Å²) in [5, 5.41) is 17.4. The van der Waals surface area contributed by atoms with Crippen molar-refractivity contribution in [2.75, 3.05) is 25.5 Å². The molecule has 3 N–H and O–H groups in total. The fourth-order valence-electron chi connectivity index (χ4n) is 4.39. The Morgan fingerprint density at radius 1 is 1.18 bits per heavy atom. The minimum atomic E-state index is -0.940. The molecule has 0 aliphatic carbocycles. The minimum absolute atomic E-state index is 0.0197. The molecule has 2 amide bonds. The lowest BCUT2D eigenvalue weighted by Crippen LogP contribution is -2.37. The SMILES string of the molecule is COc1cccc(C(=O)Nc2cccc3nn4c(C5CCN(C(=O)O)CC5)cc(=O)[nH]c4c23)n1. The Balaban J connectivity index is 1.55. The molecule has 1 fully saturated rings. The molecule has 4 aromatic rings. The van der Waals surface area contributed by atoms with Gasteiger partial charge in [0.1, 0.15) is 11.3 Å². The second kappa shape index (κ2) is 8.50. The highest BCUT2D eigenvalue weighted by Gasteiger charge is 2.26. The van der Waals surface area contributed by atoms with Crippen molar-refractivity contribution in [1.29, 1.82) is 0 Å². The van der Waals surface area contributed by atoms with Gasteiger partial charge in [-0.15, -0.1) is 0 Å². The van der Waals surface area contributed by atoms with Crippen LogP contribution in [0.25, 0.3) is 16.6 Å². The number of aromatic nitrogens is 4. The number of fused-ring (bicyclic) bond motifs is 3. The molecule has 11 nitrogen and oxygen atoms in total. The number of anilines is 1. The van der Waals surface area contributed by atoms with Gasteiger partial charge < -0.3 is 25.0 Å². The molecule has 5 rings (SSSR count). The summed E-state index contributed by atoms with van der Waals surface area (Å²) in [6.07, 6.45) is 0.239. The summed E-state index contributed by atoms with van der Waals surface area (Å²) in [6.45, 7) is 0.786. The summed E-state index contributed by atoms with van der Waals surface area (Å²) >= 11 is 0. The molecule has 11 heteroatoms. The number of methoxy groups -OCH3 is 1. The summed E-state index contributed by atoms with van der Waals surface area (Å²) in [4.78, 5) is 45.1. The number of aromatic amines is 1. The van der Waals surface area contributed by atoms with E-state index in [1.807, 2.05) is 0 Å². The summed E-state index contributed by atoms with van der Waals surface area (Å²) in [5.41, 5.74) is 2.16. The second-order valence-electron chi connectivity index (χ2n) is 8.08. The Morgan fingerprint density at radius 2 is 1.94 bits per heavy atom. The maximum absolute atomic E-state index is 12.9. The Labute approximate surface area is 193 Å². The predicted octanol–water partition coefficient (Wildman–Crippen LogP) is 2.69. The zero-order valence-electron chi connectivity index (χ0n) is 18.3. The number of amides is 2. The van der Waals surface area contributed by atoms with Gasteiger partial charge in [-0.25, -0.2) is 14.3 Å². The molecule has 0 spiro atoms. The third-order valence-electron chi connectivity index (χ3n) is 6.06. The maximum Gasteiger partial charge on any atom is 0.407 e. The Hall–Kier alpha value is -4.41. The first-order chi connectivity index (χ1) is 16.4. The smallest absolute Gasteiger partial charge is 0.407 e. The van der Waals surface area contributed by atoms with Gasteiger partial charge in [0.25, 0.3) is 11.5 Å². The average Bonchev–Trinajstić information content (AvgIpc) is 3.23. The van der Waals surface area contributed by atoms with Crippen LogP contribution >= 0.6 is 0 Å². The predicted molar refractivity (Wildman–Crippen MR) is 124 cm³/mol. The Bertz CT molecular complexity index is 1470. The highest BCUT2D eigenvalue weighted by atomic mass is 16.5. The average molecular weight is 462 g/mol. The Morgan fingerprint density at radius 3 is 2.68 bits per heavy atom. The number of H-pyrrole nitrogens is 1. The Kier molecular flexibility index (Phi) is 5.36. The number of carbonyl (C=O) groups is 2. The van der Waals surface area contributed by atoms with Gasteiger partial charge >= 0.3 is 6.09 Å². The molecule has 1 aliphatic heterocycles. The van der Waals surface area contributed by atoms with Crippen LogP contribution in [0.1, 0.15) is 34.9 Å². The molecule has 3 aromatic heterocycles. The van der Waals surface area contributed by atoms with Crippen molar-refractivity contribution in [3.63, 3.8) is 0 Å². The number of ether oxygens (including phenoxy) is 1. The maximum atomic E-state index is 12.9. The molecule has 34 heavy (non-hydrogen) atoms. The molecular formula is C23H22N6O5. The topological polar surface area (TPSA) is 142 Å². The number of benzene rings is 1. The lowest BCUT2D eigenvalue weighted by atomic mass is 9.93. The first-order valence-corrected chi connectivity index (χ1v) is 10.8. The molecule has 0 radical (unpaired) electrons. The number of pyridine rings is 1. The normalized spacial score (nSPS) is 14.4. The zero-order chi connectivity index (χ0) is 23.8. The van der Waals surface area contributed by atoms with Gasteiger partial charge in [-0.2, -0.15) is 5.10 Å². The molecular weight excluding hydrogens is 440 g/mol. The molecule has 4 heterocycles. The van der Waals surface area contributed by atoms with Crippen LogP contribution in [-0.4, -0.2) is 61.8 Å². The summed E-state index contributed by atoms with van der Waals surface area (Å²) in [7, 11) is 1.48. The van der Waals surface area contributed by atoms with Crippen molar-refractivity contribution >= 4 is 34.2 Å². The van der Waals surface area contributed by atoms with Crippen LogP contribution in [-0.2, 0) is 0 Å². The van der Waals surface area contributed by atoms with Crippen LogP contribution in [0.4, 0.5) is 10.5 Å². The van der Waals surface area contributed by atoms with E-state index in [0.29, 0.717) is 59.7 Å². The number of rotatable bonds is 4. The van der Waals surface area contributed by atoms with Crippen LogP contribution in [0, 0.1) is 0 Å². The number of carboxylic acid groups (broad SMARTS) is 1. The van der Waals surface area contributed by atoms with Crippen molar-refractivity contribution in [3.05, 3.63) is 64.2 Å². The number of nitrogens with zero attached hydrogens (tertiary/aromatic N) is 4. The number of likely N-dealkylation sites (tertiary alicyclic amines) is 1. The first kappa shape index (κ1) is 21.4. The quantitative estimate of drug-likeness (QED) is 0.423. The van der Waals surface area contributed by atoms with Crippen molar-refractivity contribution in [2.24, 2.45) is 0 Å². The molecule has 1 saturated heterocycles. The van der Waals surface area contributed by atoms with Crippen LogP contribution < -0.4 is 15.6 Å². The van der Waals surface area contributed by atoms with Gasteiger partial charge in [0.05, 0.1) is 29.4 Å². The van der Waals surface area contributed by atoms with Gasteiger partial charge in [-0.05, 0) is 31.0 Å². The van der Waals surface area contributed by atoms with Gasteiger partial charge in [0.2, 0.25) is 5.88 Å². The van der Waals surface area contributed by atoms with E-state index < -0.39 is 12.0 Å². The highest BCUT2D eigenvalue weighted by molar-refractivity contribution is 6.11. The fraction of sp³-hybridized carbons (Fsp3) is 0.261. The number of carbonyl (C=O) groups excluding carboxylic acids is 1. The lowest BCUT2D eigenvalue weighted by Gasteiger charge is -2.30. The summed E-state index contributed by atoms with van der Waals surface area (Å²) in [5.74, 6) is -0.121. The van der Waals surface area contributed by atoms with Gasteiger partial charge in [0.15, 0.2) is 0 Å². The molecule has 0 saturated carbocycles. The van der Waals surface area contributed by atoms with E-state index in [1.165, 1.54) is 18.1 Å². The number of nitrogens with one attached hydrogen (secondary N) is 2. The molecule has 0 bridgehead atoms. The summed E-state index contributed by atoms with van der Waals surface area (Å²) < 4.78 is 6.78. The first-order valence-electron chi connectivity index (χ1n) is 10.8. The second-order valence-corrected chi connectivity index (χ2v) is 8.08. The van der Waals surface area contributed by atoms with E-state index >= 15 is 0 Å². The largest absolute Gasteiger partial charge is 0.481 e. The van der Waals surface area contributed by atoms with Gasteiger partial charge in [0, 0.05) is 31.1 Å². The standard InChI is InChI=1S/C23H22N6O5/c1-34-19-7-3-6-16(24-19)22(31)25-14-4-2-5-15-20(14)21-26-18(30)12-17(29(21)27-15)13-8-10-28(11-9-13)23(32)33/h2-7,12-13H,8-11H2,1H3,(H,25,31)(H,26,30)(H,32,33). The third-order valence-corrected chi connectivity index (χ3v) is 6.06. The lowest BCUT2D eigenvalue weighted by molar-refractivity contribution is 0.102. The van der Waals surface area contributed by atoms with Crippen LogP contribution in [0.15, 0.2) is 47.3 Å². The van der Waals surface area contributed by atoms with E-state index in [-0.39, 0.29) is 17.2 Å². The van der Waals surface area contributed by atoms with Crippen LogP contribution in [0.3, 0.4) is 0 Å². The van der Waals surface area contributed by atoms with E-state index in [2.05, 4.69) is 20.4 Å². The number of hydrogen-bond acceptors (Lipinski definition) is 6. The van der Waals surface area contributed by atoms with Crippen LogP contribution in [0.5, 0.6) is 5.88 Å². The minimum Gasteiger partial charge on any atom is -0.481 e. The van der Waals surface area contributed by atoms with Crippen molar-refractivity contribution < 1.29 is 19.4 Å². The molecule has 0 atom stereocenters. The summed E-state index contributed by atoms with van der Waals surface area (Å²) in [6, 6.07) is 11.7. The highest BCUT2D eigenvalue weighted by Crippen LogP contribution is 2.31. The van der Waals surface area contributed by atoms with E-state index in [4.69, 9.17) is 4.74 Å². The van der Waals surface area contributed by atoms with E-state index in [1.54, 1.807) is 40.9 Å². The third kappa shape index (κ3) is 3.81. The number of hydrogen-bond donors (Lipinski definition) is 3. The van der Waals surface area contributed by atoms with Crippen LogP contribution in [0.2, 0.25) is 0 Å². The fourth-order valence-corrected chi connectivity index (χ4v) is 4.39. The zero-order valence-corrected chi connectivity index (χ0v) is 18.3. The van der Waals surface area contributed by atoms with E-state index in [0.717, 1.165) is 0 Å². The molecule has 1 aromatic carbocycles. The molecule has 0 unspecified atom stereocenters. The molecule has 1 aliphatic rings. The van der Waals surface area contributed by atoms with Gasteiger partial charge in [-0.1, -0.05) is 12.1 Å². The van der Waals surface area contributed by atoms with E-state index in [9.17, 15) is 19.5 Å².